The van der Waals surface area contributed by atoms with Crippen molar-refractivity contribution in [3.63, 3.8) is 0 Å². The number of rotatable bonds is 4. The lowest BCUT2D eigenvalue weighted by Gasteiger charge is -2.16. The van der Waals surface area contributed by atoms with Gasteiger partial charge in [-0.05, 0) is 30.7 Å². The minimum absolute atomic E-state index is 0.0189. The Morgan fingerprint density at radius 3 is 2.67 bits per heavy atom. The Balaban J connectivity index is 1.41. The SMILES string of the molecule is O=C(c1ccc(Oc2nccs2)cc1)N1CCC(n2nccn2)C1. The number of ether oxygens (including phenoxy) is 1. The maximum Gasteiger partial charge on any atom is 0.278 e. The Hall–Kier alpha value is -2.74. The van der Waals surface area contributed by atoms with E-state index in [1.54, 1.807) is 47.7 Å². The van der Waals surface area contributed by atoms with Crippen molar-refractivity contribution in [3.05, 3.63) is 53.8 Å². The molecule has 3 heterocycles. The van der Waals surface area contributed by atoms with E-state index in [0.29, 0.717) is 29.6 Å². The van der Waals surface area contributed by atoms with E-state index in [1.807, 2.05) is 10.3 Å². The number of carbonyl (C=O) groups is 1. The molecule has 1 aliphatic heterocycles. The third kappa shape index (κ3) is 3.00. The van der Waals surface area contributed by atoms with Crippen molar-refractivity contribution in [2.75, 3.05) is 13.1 Å². The van der Waals surface area contributed by atoms with Crippen LogP contribution in [0, 0.1) is 0 Å². The van der Waals surface area contributed by atoms with E-state index in [2.05, 4.69) is 15.2 Å². The van der Waals surface area contributed by atoms with Crippen molar-refractivity contribution in [2.45, 2.75) is 12.5 Å². The molecule has 0 N–H and O–H groups in total. The van der Waals surface area contributed by atoms with E-state index in [-0.39, 0.29) is 11.9 Å². The number of carbonyl (C=O) groups excluding carboxylic acids is 1. The predicted octanol–water partition coefficient (Wildman–Crippen LogP) is 2.61. The van der Waals surface area contributed by atoms with Gasteiger partial charge in [0.15, 0.2) is 0 Å². The number of aromatic nitrogens is 4. The largest absolute Gasteiger partial charge is 0.431 e. The maximum absolute atomic E-state index is 12.6. The first-order valence-electron chi connectivity index (χ1n) is 7.62. The van der Waals surface area contributed by atoms with Crippen molar-refractivity contribution < 1.29 is 9.53 Å². The van der Waals surface area contributed by atoms with E-state index < -0.39 is 0 Å². The number of hydrogen-bond acceptors (Lipinski definition) is 6. The molecule has 3 aromatic rings. The number of hydrogen-bond donors (Lipinski definition) is 0. The lowest BCUT2D eigenvalue weighted by Crippen LogP contribution is -2.29. The number of nitrogens with zero attached hydrogens (tertiary/aromatic N) is 5. The van der Waals surface area contributed by atoms with Crippen molar-refractivity contribution in [1.82, 2.24) is 24.9 Å². The minimum atomic E-state index is 0.0189. The Kier molecular flexibility index (Phi) is 3.96. The lowest BCUT2D eigenvalue weighted by molar-refractivity contribution is 0.0786. The van der Waals surface area contributed by atoms with Crippen LogP contribution < -0.4 is 4.74 Å². The third-order valence-corrected chi connectivity index (χ3v) is 4.58. The van der Waals surface area contributed by atoms with Crippen LogP contribution in [0.4, 0.5) is 0 Å². The molecule has 1 fully saturated rings. The number of amides is 1. The molecule has 1 atom stereocenters. The zero-order valence-corrected chi connectivity index (χ0v) is 13.6. The first-order valence-corrected chi connectivity index (χ1v) is 8.50. The Morgan fingerprint density at radius 1 is 1.17 bits per heavy atom. The van der Waals surface area contributed by atoms with Crippen molar-refractivity contribution in [3.8, 4) is 10.9 Å². The van der Waals surface area contributed by atoms with Gasteiger partial charge in [0.25, 0.3) is 11.1 Å². The van der Waals surface area contributed by atoms with Gasteiger partial charge < -0.3 is 9.64 Å². The average Bonchev–Trinajstić information content (AvgIpc) is 3.36. The summed E-state index contributed by atoms with van der Waals surface area (Å²) >= 11 is 1.42. The summed E-state index contributed by atoms with van der Waals surface area (Å²) in [7, 11) is 0. The Morgan fingerprint density at radius 2 is 1.96 bits per heavy atom. The molecule has 4 rings (SSSR count). The second kappa shape index (κ2) is 6.40. The van der Waals surface area contributed by atoms with Crippen LogP contribution in [0.3, 0.4) is 0 Å². The highest BCUT2D eigenvalue weighted by molar-refractivity contribution is 7.11. The topological polar surface area (TPSA) is 73.1 Å². The molecule has 1 saturated heterocycles. The molecular formula is C16H15N5O2S. The van der Waals surface area contributed by atoms with Crippen LogP contribution in [0.25, 0.3) is 0 Å². The fourth-order valence-corrected chi connectivity index (χ4v) is 3.24. The molecule has 8 heteroatoms. The van der Waals surface area contributed by atoms with Gasteiger partial charge in [0, 0.05) is 30.2 Å². The third-order valence-electron chi connectivity index (χ3n) is 3.93. The zero-order chi connectivity index (χ0) is 16.4. The molecule has 0 radical (unpaired) electrons. The summed E-state index contributed by atoms with van der Waals surface area (Å²) < 4.78 is 5.61. The fraction of sp³-hybridized carbons (Fsp3) is 0.250. The molecule has 2 aromatic heterocycles. The monoisotopic (exact) mass is 341 g/mol. The Bertz CT molecular complexity index is 802. The van der Waals surface area contributed by atoms with Gasteiger partial charge in [-0.3, -0.25) is 4.79 Å². The molecule has 0 saturated carbocycles. The minimum Gasteiger partial charge on any atom is -0.431 e. The van der Waals surface area contributed by atoms with Gasteiger partial charge in [-0.1, -0.05) is 11.3 Å². The smallest absolute Gasteiger partial charge is 0.278 e. The van der Waals surface area contributed by atoms with Crippen LogP contribution >= 0.6 is 11.3 Å². The molecule has 1 aromatic carbocycles. The van der Waals surface area contributed by atoms with Crippen LogP contribution in [0.5, 0.6) is 10.9 Å². The summed E-state index contributed by atoms with van der Waals surface area (Å²) in [4.78, 5) is 20.2. The first-order chi connectivity index (χ1) is 11.8. The molecule has 122 valence electrons. The summed E-state index contributed by atoms with van der Waals surface area (Å²) in [6.45, 7) is 1.34. The second-order valence-corrected chi connectivity index (χ2v) is 6.32. The standard InChI is InChI=1S/C16H15N5O2S/c22-15(20-9-5-13(11-20)21-18-6-7-19-21)12-1-3-14(4-2-12)23-16-17-8-10-24-16/h1-4,6-8,10,13H,5,9,11H2. The van der Waals surface area contributed by atoms with Gasteiger partial charge in [-0.25, -0.2) is 4.98 Å². The highest BCUT2D eigenvalue weighted by atomic mass is 32.1. The molecular weight excluding hydrogens is 326 g/mol. The molecule has 24 heavy (non-hydrogen) atoms. The van der Waals surface area contributed by atoms with Gasteiger partial charge in [-0.15, -0.1) is 0 Å². The summed E-state index contributed by atoms with van der Waals surface area (Å²) in [5.74, 6) is 0.687. The van der Waals surface area contributed by atoms with E-state index in [1.165, 1.54) is 11.3 Å². The van der Waals surface area contributed by atoms with E-state index in [9.17, 15) is 4.79 Å². The van der Waals surface area contributed by atoms with E-state index in [0.717, 1.165) is 6.42 Å². The van der Waals surface area contributed by atoms with Gasteiger partial charge >= 0.3 is 0 Å². The summed E-state index contributed by atoms with van der Waals surface area (Å²) in [5, 5.41) is 10.8. The van der Waals surface area contributed by atoms with Gasteiger partial charge in [0.2, 0.25) is 0 Å². The molecule has 0 aliphatic carbocycles. The first kappa shape index (κ1) is 14.8. The second-order valence-electron chi connectivity index (χ2n) is 5.47. The normalized spacial score (nSPS) is 17.2. The van der Waals surface area contributed by atoms with Crippen LogP contribution in [-0.4, -0.2) is 43.9 Å². The summed E-state index contributed by atoms with van der Waals surface area (Å²) in [5.41, 5.74) is 0.649. The molecule has 1 amide bonds. The highest BCUT2D eigenvalue weighted by Crippen LogP contribution is 2.25. The average molecular weight is 341 g/mol. The summed E-state index contributed by atoms with van der Waals surface area (Å²) in [6, 6.07) is 7.29. The molecule has 0 bridgehead atoms. The molecule has 0 spiro atoms. The van der Waals surface area contributed by atoms with Crippen molar-refractivity contribution >= 4 is 17.2 Å². The highest BCUT2D eigenvalue weighted by Gasteiger charge is 2.28. The van der Waals surface area contributed by atoms with Crippen LogP contribution in [0.2, 0.25) is 0 Å². The van der Waals surface area contributed by atoms with Gasteiger partial charge in [0.05, 0.1) is 18.4 Å². The van der Waals surface area contributed by atoms with Gasteiger partial charge in [-0.2, -0.15) is 15.0 Å². The molecule has 1 aliphatic rings. The van der Waals surface area contributed by atoms with Crippen LogP contribution in [0.1, 0.15) is 22.8 Å². The van der Waals surface area contributed by atoms with E-state index in [4.69, 9.17) is 4.74 Å². The van der Waals surface area contributed by atoms with Crippen LogP contribution in [-0.2, 0) is 0 Å². The fourth-order valence-electron chi connectivity index (χ4n) is 2.74. The number of likely N-dealkylation sites (tertiary alicyclic amines) is 1. The predicted molar refractivity (Wildman–Crippen MR) is 88.2 cm³/mol. The molecule has 1 unspecified atom stereocenters. The maximum atomic E-state index is 12.6. The summed E-state index contributed by atoms with van der Waals surface area (Å²) in [6.07, 6.45) is 5.87. The lowest BCUT2D eigenvalue weighted by atomic mass is 10.2. The van der Waals surface area contributed by atoms with Gasteiger partial charge in [0.1, 0.15) is 5.75 Å². The quantitative estimate of drug-likeness (QED) is 0.729. The van der Waals surface area contributed by atoms with Crippen molar-refractivity contribution in [2.24, 2.45) is 0 Å². The Labute approximate surface area is 142 Å². The van der Waals surface area contributed by atoms with E-state index >= 15 is 0 Å². The zero-order valence-electron chi connectivity index (χ0n) is 12.8. The number of benzene rings is 1. The molecule has 7 nitrogen and oxygen atoms in total. The van der Waals surface area contributed by atoms with Crippen LogP contribution in [0.15, 0.2) is 48.2 Å². The number of thiazole rings is 1. The van der Waals surface area contributed by atoms with Crippen molar-refractivity contribution in [1.29, 1.82) is 0 Å².